The molecular formula is C16H20N2S. The van der Waals surface area contributed by atoms with Gasteiger partial charge in [0, 0.05) is 23.4 Å². The maximum absolute atomic E-state index is 4.84. The van der Waals surface area contributed by atoms with Crippen LogP contribution in [0, 0.1) is 0 Å². The molecule has 1 atom stereocenters. The second kappa shape index (κ2) is 5.85. The molecule has 0 bridgehead atoms. The highest BCUT2D eigenvalue weighted by molar-refractivity contribution is 7.10. The highest BCUT2D eigenvalue weighted by atomic mass is 32.1. The highest BCUT2D eigenvalue weighted by Gasteiger charge is 2.18. The molecule has 1 fully saturated rings. The highest BCUT2D eigenvalue weighted by Crippen LogP contribution is 2.30. The van der Waals surface area contributed by atoms with Crippen LogP contribution < -0.4 is 5.32 Å². The standard InChI is InChI=1S/C16H20N2S/c1-2-12-5-7-13(8-6-12)15-11-19-16(18-15)14-4-3-9-17-10-14/h5-8,11,14,17H,2-4,9-10H2,1H3. The molecule has 1 aromatic carbocycles. The Labute approximate surface area is 118 Å². The van der Waals surface area contributed by atoms with Crippen molar-refractivity contribution in [1.29, 1.82) is 0 Å². The number of hydrogen-bond acceptors (Lipinski definition) is 3. The summed E-state index contributed by atoms with van der Waals surface area (Å²) in [5.74, 6) is 0.613. The number of nitrogens with zero attached hydrogens (tertiary/aromatic N) is 1. The normalized spacial score (nSPS) is 19.5. The molecule has 2 aromatic rings. The first kappa shape index (κ1) is 12.8. The fourth-order valence-corrected chi connectivity index (χ4v) is 3.55. The Balaban J connectivity index is 1.79. The molecule has 0 amide bonds. The quantitative estimate of drug-likeness (QED) is 0.918. The summed E-state index contributed by atoms with van der Waals surface area (Å²) in [5, 5.41) is 6.96. The number of thiazole rings is 1. The van der Waals surface area contributed by atoms with Crippen LogP contribution in [0.1, 0.15) is 36.3 Å². The molecule has 1 aliphatic heterocycles. The van der Waals surface area contributed by atoms with E-state index in [0.29, 0.717) is 5.92 Å². The number of piperidine rings is 1. The Hall–Kier alpha value is -1.19. The number of aryl methyl sites for hydroxylation is 1. The van der Waals surface area contributed by atoms with Crippen molar-refractivity contribution in [2.45, 2.75) is 32.1 Å². The molecule has 1 saturated heterocycles. The number of rotatable bonds is 3. The molecule has 1 aliphatic rings. The Morgan fingerprint density at radius 3 is 2.84 bits per heavy atom. The third-order valence-corrected chi connectivity index (χ3v) is 4.83. The molecule has 2 nitrogen and oxygen atoms in total. The molecule has 19 heavy (non-hydrogen) atoms. The number of nitrogens with one attached hydrogen (secondary N) is 1. The summed E-state index contributed by atoms with van der Waals surface area (Å²) < 4.78 is 0. The van der Waals surface area contributed by atoms with E-state index in [0.717, 1.165) is 25.2 Å². The van der Waals surface area contributed by atoms with Gasteiger partial charge in [0.05, 0.1) is 10.7 Å². The van der Waals surface area contributed by atoms with Crippen molar-refractivity contribution < 1.29 is 0 Å². The predicted molar refractivity (Wildman–Crippen MR) is 81.8 cm³/mol. The SMILES string of the molecule is CCc1ccc(-c2csc(C3CCCNC3)n2)cc1. The van der Waals surface area contributed by atoms with Gasteiger partial charge in [-0.15, -0.1) is 11.3 Å². The van der Waals surface area contributed by atoms with E-state index in [9.17, 15) is 0 Å². The maximum atomic E-state index is 4.84. The summed E-state index contributed by atoms with van der Waals surface area (Å²) in [5.41, 5.74) is 3.76. The lowest BCUT2D eigenvalue weighted by Crippen LogP contribution is -2.28. The maximum Gasteiger partial charge on any atom is 0.0976 e. The largest absolute Gasteiger partial charge is 0.316 e. The van der Waals surface area contributed by atoms with Crippen LogP contribution in [0.25, 0.3) is 11.3 Å². The van der Waals surface area contributed by atoms with Crippen molar-refractivity contribution in [2.75, 3.05) is 13.1 Å². The monoisotopic (exact) mass is 272 g/mol. The fraction of sp³-hybridized carbons (Fsp3) is 0.438. The second-order valence-electron chi connectivity index (χ2n) is 5.16. The van der Waals surface area contributed by atoms with Gasteiger partial charge in [-0.1, -0.05) is 31.2 Å². The molecule has 1 N–H and O–H groups in total. The van der Waals surface area contributed by atoms with Crippen LogP contribution >= 0.6 is 11.3 Å². The Bertz CT molecular complexity index is 524. The molecule has 0 spiro atoms. The predicted octanol–water partition coefficient (Wildman–Crippen LogP) is 3.84. The van der Waals surface area contributed by atoms with E-state index in [-0.39, 0.29) is 0 Å². The van der Waals surface area contributed by atoms with E-state index in [1.54, 1.807) is 0 Å². The molecule has 0 saturated carbocycles. The van der Waals surface area contributed by atoms with Gasteiger partial charge >= 0.3 is 0 Å². The topological polar surface area (TPSA) is 24.9 Å². The van der Waals surface area contributed by atoms with Crippen LogP contribution in [0.3, 0.4) is 0 Å². The Morgan fingerprint density at radius 1 is 1.32 bits per heavy atom. The summed E-state index contributed by atoms with van der Waals surface area (Å²) in [6.45, 7) is 4.43. The molecule has 1 aromatic heterocycles. The van der Waals surface area contributed by atoms with E-state index in [1.165, 1.54) is 29.0 Å². The van der Waals surface area contributed by atoms with Crippen molar-refractivity contribution in [1.82, 2.24) is 10.3 Å². The van der Waals surface area contributed by atoms with Crippen molar-refractivity contribution >= 4 is 11.3 Å². The van der Waals surface area contributed by atoms with Crippen LogP contribution in [0.5, 0.6) is 0 Å². The van der Waals surface area contributed by atoms with Crippen molar-refractivity contribution in [3.05, 3.63) is 40.2 Å². The van der Waals surface area contributed by atoms with Gasteiger partial charge in [0.2, 0.25) is 0 Å². The minimum Gasteiger partial charge on any atom is -0.316 e. The summed E-state index contributed by atoms with van der Waals surface area (Å²) >= 11 is 1.81. The van der Waals surface area contributed by atoms with E-state index in [4.69, 9.17) is 4.98 Å². The van der Waals surface area contributed by atoms with Crippen molar-refractivity contribution in [3.8, 4) is 11.3 Å². The fourth-order valence-electron chi connectivity index (χ4n) is 2.58. The lowest BCUT2D eigenvalue weighted by atomic mass is 10.0. The van der Waals surface area contributed by atoms with Crippen LogP contribution in [0.2, 0.25) is 0 Å². The van der Waals surface area contributed by atoms with Crippen molar-refractivity contribution in [2.24, 2.45) is 0 Å². The molecule has 0 radical (unpaired) electrons. The zero-order valence-electron chi connectivity index (χ0n) is 11.4. The number of hydrogen-bond donors (Lipinski definition) is 1. The van der Waals surface area contributed by atoms with Gasteiger partial charge in [0.15, 0.2) is 0 Å². The van der Waals surface area contributed by atoms with Gasteiger partial charge in [-0.05, 0) is 31.4 Å². The van der Waals surface area contributed by atoms with Gasteiger partial charge in [-0.3, -0.25) is 0 Å². The molecule has 1 unspecified atom stereocenters. The Morgan fingerprint density at radius 2 is 2.16 bits per heavy atom. The minimum absolute atomic E-state index is 0.613. The van der Waals surface area contributed by atoms with Crippen LogP contribution in [0.15, 0.2) is 29.6 Å². The average molecular weight is 272 g/mol. The zero-order chi connectivity index (χ0) is 13.1. The Kier molecular flexibility index (Phi) is 3.95. The smallest absolute Gasteiger partial charge is 0.0976 e. The summed E-state index contributed by atoms with van der Waals surface area (Å²) in [6, 6.07) is 8.79. The number of benzene rings is 1. The van der Waals surface area contributed by atoms with E-state index >= 15 is 0 Å². The summed E-state index contributed by atoms with van der Waals surface area (Å²) in [7, 11) is 0. The third kappa shape index (κ3) is 2.88. The first-order chi connectivity index (χ1) is 9.36. The molecule has 100 valence electrons. The summed E-state index contributed by atoms with van der Waals surface area (Å²) in [6.07, 6.45) is 3.63. The third-order valence-electron chi connectivity index (χ3n) is 3.83. The van der Waals surface area contributed by atoms with Gasteiger partial charge in [-0.2, -0.15) is 0 Å². The molecular weight excluding hydrogens is 252 g/mol. The van der Waals surface area contributed by atoms with Gasteiger partial charge < -0.3 is 5.32 Å². The second-order valence-corrected chi connectivity index (χ2v) is 6.05. The lowest BCUT2D eigenvalue weighted by Gasteiger charge is -2.20. The van der Waals surface area contributed by atoms with Crippen LogP contribution in [0.4, 0.5) is 0 Å². The lowest BCUT2D eigenvalue weighted by molar-refractivity contribution is 0.460. The summed E-state index contributed by atoms with van der Waals surface area (Å²) in [4.78, 5) is 4.84. The number of aromatic nitrogens is 1. The average Bonchev–Trinajstić information content (AvgIpc) is 2.98. The van der Waals surface area contributed by atoms with E-state index < -0.39 is 0 Å². The van der Waals surface area contributed by atoms with E-state index in [1.807, 2.05) is 11.3 Å². The molecule has 3 rings (SSSR count). The van der Waals surface area contributed by atoms with Crippen LogP contribution in [-0.2, 0) is 6.42 Å². The van der Waals surface area contributed by atoms with Crippen LogP contribution in [-0.4, -0.2) is 18.1 Å². The van der Waals surface area contributed by atoms with E-state index in [2.05, 4.69) is 41.9 Å². The zero-order valence-corrected chi connectivity index (χ0v) is 12.2. The van der Waals surface area contributed by atoms with Crippen molar-refractivity contribution in [3.63, 3.8) is 0 Å². The first-order valence-corrected chi connectivity index (χ1v) is 8.00. The van der Waals surface area contributed by atoms with Gasteiger partial charge in [0.25, 0.3) is 0 Å². The molecule has 3 heteroatoms. The molecule has 0 aliphatic carbocycles. The molecule has 2 heterocycles. The van der Waals surface area contributed by atoms with Gasteiger partial charge in [0.1, 0.15) is 0 Å². The van der Waals surface area contributed by atoms with Gasteiger partial charge in [-0.25, -0.2) is 4.98 Å². The minimum atomic E-state index is 0.613. The first-order valence-electron chi connectivity index (χ1n) is 7.12.